The monoisotopic (exact) mass is 268 g/mol. The van der Waals surface area contributed by atoms with Crippen molar-refractivity contribution in [3.05, 3.63) is 38.0 Å². The van der Waals surface area contributed by atoms with Gasteiger partial charge in [-0.2, -0.15) is 0 Å². The predicted molar refractivity (Wildman–Crippen MR) is 67.0 cm³/mol. The van der Waals surface area contributed by atoms with Gasteiger partial charge in [0, 0.05) is 6.08 Å². The zero-order chi connectivity index (χ0) is 14.7. The Kier molecular flexibility index (Phi) is 8.44. The van der Waals surface area contributed by atoms with Crippen molar-refractivity contribution in [1.29, 1.82) is 0 Å². The summed E-state index contributed by atoms with van der Waals surface area (Å²) in [7, 11) is 0. The molecule has 0 aromatic heterocycles. The van der Waals surface area contributed by atoms with Crippen LogP contribution < -0.4 is 0 Å². The van der Waals surface area contributed by atoms with Crippen molar-refractivity contribution in [1.82, 2.24) is 0 Å². The van der Waals surface area contributed by atoms with Crippen LogP contribution >= 0.6 is 0 Å². The SMILES string of the molecule is C=CCOC(=O)CC(OC(=O)C=C)C(=O)OCC=C. The van der Waals surface area contributed by atoms with E-state index in [-0.39, 0.29) is 13.2 Å². The molecule has 0 spiro atoms. The molecule has 0 fully saturated rings. The maximum atomic E-state index is 11.6. The van der Waals surface area contributed by atoms with E-state index < -0.39 is 30.4 Å². The quantitative estimate of drug-likeness (QED) is 0.268. The van der Waals surface area contributed by atoms with E-state index in [1.54, 1.807) is 0 Å². The molecule has 0 bridgehead atoms. The van der Waals surface area contributed by atoms with Crippen molar-refractivity contribution >= 4 is 17.9 Å². The van der Waals surface area contributed by atoms with Crippen LogP contribution in [0.15, 0.2) is 38.0 Å². The first-order valence-corrected chi connectivity index (χ1v) is 5.42. The summed E-state index contributed by atoms with van der Waals surface area (Å²) >= 11 is 0. The topological polar surface area (TPSA) is 78.9 Å². The number of ether oxygens (including phenoxy) is 3. The Morgan fingerprint density at radius 1 is 1.00 bits per heavy atom. The molecule has 6 heteroatoms. The van der Waals surface area contributed by atoms with Crippen LogP contribution in [0, 0.1) is 0 Å². The van der Waals surface area contributed by atoms with Crippen LogP contribution in [-0.4, -0.2) is 37.2 Å². The van der Waals surface area contributed by atoms with Crippen LogP contribution in [0.5, 0.6) is 0 Å². The van der Waals surface area contributed by atoms with Gasteiger partial charge in [0.2, 0.25) is 6.10 Å². The Bertz CT molecular complexity index is 371. The van der Waals surface area contributed by atoms with E-state index >= 15 is 0 Å². The highest BCUT2D eigenvalue weighted by molar-refractivity contribution is 5.87. The maximum absolute atomic E-state index is 11.6. The van der Waals surface area contributed by atoms with Gasteiger partial charge in [0.05, 0.1) is 6.42 Å². The normalized spacial score (nSPS) is 10.7. The van der Waals surface area contributed by atoms with Crippen LogP contribution in [0.25, 0.3) is 0 Å². The van der Waals surface area contributed by atoms with Crippen LogP contribution in [0.1, 0.15) is 6.42 Å². The van der Waals surface area contributed by atoms with E-state index in [1.807, 2.05) is 0 Å². The van der Waals surface area contributed by atoms with Crippen molar-refractivity contribution in [2.24, 2.45) is 0 Å². The van der Waals surface area contributed by atoms with Gasteiger partial charge in [-0.3, -0.25) is 4.79 Å². The molecule has 1 unspecified atom stereocenters. The van der Waals surface area contributed by atoms with Crippen molar-refractivity contribution in [3.8, 4) is 0 Å². The summed E-state index contributed by atoms with van der Waals surface area (Å²) in [5, 5.41) is 0. The van der Waals surface area contributed by atoms with E-state index in [4.69, 9.17) is 9.47 Å². The summed E-state index contributed by atoms with van der Waals surface area (Å²) in [6.07, 6.45) is 1.79. The highest BCUT2D eigenvalue weighted by Gasteiger charge is 2.27. The van der Waals surface area contributed by atoms with Gasteiger partial charge in [0.1, 0.15) is 13.2 Å². The molecule has 6 nitrogen and oxygen atoms in total. The van der Waals surface area contributed by atoms with Gasteiger partial charge in [-0.25, -0.2) is 9.59 Å². The fourth-order valence-electron chi connectivity index (χ4n) is 0.958. The summed E-state index contributed by atoms with van der Waals surface area (Å²) in [4.78, 5) is 34.0. The number of hydrogen-bond acceptors (Lipinski definition) is 6. The predicted octanol–water partition coefficient (Wildman–Crippen LogP) is 0.933. The van der Waals surface area contributed by atoms with Gasteiger partial charge in [-0.1, -0.05) is 31.9 Å². The second kappa shape index (κ2) is 9.64. The fraction of sp³-hybridized carbons (Fsp3) is 0.308. The number of esters is 3. The maximum Gasteiger partial charge on any atom is 0.348 e. The van der Waals surface area contributed by atoms with Gasteiger partial charge in [-0.05, 0) is 0 Å². The lowest BCUT2D eigenvalue weighted by atomic mass is 10.2. The lowest BCUT2D eigenvalue weighted by Crippen LogP contribution is -2.31. The van der Waals surface area contributed by atoms with Gasteiger partial charge in [0.25, 0.3) is 0 Å². The second-order valence-corrected chi connectivity index (χ2v) is 3.22. The summed E-state index contributed by atoms with van der Waals surface area (Å²) in [6.45, 7) is 9.88. The molecule has 0 rings (SSSR count). The molecule has 0 heterocycles. The first-order valence-electron chi connectivity index (χ1n) is 5.42. The molecule has 0 saturated heterocycles. The molecular formula is C13H16O6. The largest absolute Gasteiger partial charge is 0.461 e. The molecule has 0 aromatic carbocycles. The van der Waals surface area contributed by atoms with E-state index in [0.717, 1.165) is 6.08 Å². The Morgan fingerprint density at radius 3 is 2.11 bits per heavy atom. The zero-order valence-corrected chi connectivity index (χ0v) is 10.5. The summed E-state index contributed by atoms with van der Waals surface area (Å²) in [5.74, 6) is -2.40. The molecule has 0 radical (unpaired) electrons. The van der Waals surface area contributed by atoms with E-state index in [9.17, 15) is 14.4 Å². The van der Waals surface area contributed by atoms with Gasteiger partial charge < -0.3 is 14.2 Å². The first kappa shape index (κ1) is 16.6. The van der Waals surface area contributed by atoms with Crippen LogP contribution in [-0.2, 0) is 28.6 Å². The highest BCUT2D eigenvalue weighted by Crippen LogP contribution is 2.05. The third-order valence-electron chi connectivity index (χ3n) is 1.75. The average Bonchev–Trinajstić information content (AvgIpc) is 2.41. The van der Waals surface area contributed by atoms with E-state index in [1.165, 1.54) is 12.2 Å². The summed E-state index contributed by atoms with van der Waals surface area (Å²) in [6, 6.07) is 0. The standard InChI is InChI=1S/C13H16O6/c1-4-7-17-12(15)9-10(19-11(14)6-3)13(16)18-8-5-2/h4-6,10H,1-3,7-9H2. The number of carbonyl (C=O) groups is 3. The molecule has 0 aliphatic rings. The van der Waals surface area contributed by atoms with Crippen molar-refractivity contribution in [2.75, 3.05) is 13.2 Å². The Labute approximate surface area is 111 Å². The number of carbonyl (C=O) groups excluding carboxylic acids is 3. The Balaban J connectivity index is 4.55. The molecule has 0 amide bonds. The Morgan fingerprint density at radius 2 is 1.58 bits per heavy atom. The summed E-state index contributed by atoms with van der Waals surface area (Å²) in [5.41, 5.74) is 0. The lowest BCUT2D eigenvalue weighted by Gasteiger charge is -2.14. The molecule has 1 atom stereocenters. The molecule has 0 aliphatic heterocycles. The van der Waals surface area contributed by atoms with E-state index in [2.05, 4.69) is 24.5 Å². The fourth-order valence-corrected chi connectivity index (χ4v) is 0.958. The van der Waals surface area contributed by atoms with Gasteiger partial charge >= 0.3 is 17.9 Å². The van der Waals surface area contributed by atoms with Gasteiger partial charge in [-0.15, -0.1) is 0 Å². The molecule has 0 aliphatic carbocycles. The number of hydrogen-bond donors (Lipinski definition) is 0. The third-order valence-corrected chi connectivity index (χ3v) is 1.75. The average molecular weight is 268 g/mol. The van der Waals surface area contributed by atoms with Crippen molar-refractivity contribution < 1.29 is 28.6 Å². The zero-order valence-electron chi connectivity index (χ0n) is 10.5. The lowest BCUT2D eigenvalue weighted by molar-refractivity contribution is -0.168. The molecule has 0 aromatic rings. The molecule has 0 saturated carbocycles. The van der Waals surface area contributed by atoms with Crippen LogP contribution in [0.2, 0.25) is 0 Å². The highest BCUT2D eigenvalue weighted by atomic mass is 16.6. The van der Waals surface area contributed by atoms with Gasteiger partial charge in [0.15, 0.2) is 0 Å². The third kappa shape index (κ3) is 7.54. The van der Waals surface area contributed by atoms with E-state index in [0.29, 0.717) is 0 Å². The van der Waals surface area contributed by atoms with Crippen LogP contribution in [0.3, 0.4) is 0 Å². The summed E-state index contributed by atoms with van der Waals surface area (Å²) < 4.78 is 14.1. The second-order valence-electron chi connectivity index (χ2n) is 3.22. The first-order chi connectivity index (χ1) is 9.04. The molecule has 104 valence electrons. The van der Waals surface area contributed by atoms with Crippen LogP contribution in [0.4, 0.5) is 0 Å². The number of rotatable bonds is 9. The minimum Gasteiger partial charge on any atom is -0.461 e. The minimum absolute atomic E-state index is 0.00264. The molecule has 19 heavy (non-hydrogen) atoms. The minimum atomic E-state index is -1.37. The molecular weight excluding hydrogens is 252 g/mol. The van der Waals surface area contributed by atoms with Crippen molar-refractivity contribution in [3.63, 3.8) is 0 Å². The molecule has 0 N–H and O–H groups in total. The smallest absolute Gasteiger partial charge is 0.348 e. The van der Waals surface area contributed by atoms with Crippen molar-refractivity contribution in [2.45, 2.75) is 12.5 Å². The Hall–Kier alpha value is -2.37.